The molecule has 25 heavy (non-hydrogen) atoms. The molecule has 10 heteroatoms. The minimum absolute atomic E-state index is 0.0149. The Morgan fingerprint density at radius 3 is 2.84 bits per heavy atom. The third kappa shape index (κ3) is 4.40. The maximum absolute atomic E-state index is 12.1. The number of non-ortho nitro benzene ring substituents is 1. The Kier molecular flexibility index (Phi) is 5.43. The highest BCUT2D eigenvalue weighted by Gasteiger charge is 2.12. The predicted octanol–water partition coefficient (Wildman–Crippen LogP) is 5.24. The van der Waals surface area contributed by atoms with Gasteiger partial charge in [0.25, 0.3) is 5.69 Å². The van der Waals surface area contributed by atoms with Crippen LogP contribution in [0.3, 0.4) is 0 Å². The Morgan fingerprint density at radius 1 is 1.28 bits per heavy atom. The van der Waals surface area contributed by atoms with E-state index in [1.165, 1.54) is 35.2 Å². The molecule has 0 atom stereocenters. The summed E-state index contributed by atoms with van der Waals surface area (Å²) in [7, 11) is 0. The third-order valence-electron chi connectivity index (χ3n) is 3.09. The van der Waals surface area contributed by atoms with Crippen LogP contribution in [0.5, 0.6) is 0 Å². The molecule has 3 aromatic rings. The van der Waals surface area contributed by atoms with Crippen LogP contribution >= 0.6 is 46.3 Å². The first-order chi connectivity index (χ1) is 11.9. The molecule has 0 saturated carbocycles. The summed E-state index contributed by atoms with van der Waals surface area (Å²) in [6.07, 6.45) is 0. The van der Waals surface area contributed by atoms with Gasteiger partial charge >= 0.3 is 0 Å². The van der Waals surface area contributed by atoms with Gasteiger partial charge < -0.3 is 5.32 Å². The van der Waals surface area contributed by atoms with Crippen LogP contribution in [-0.2, 0) is 4.79 Å². The summed E-state index contributed by atoms with van der Waals surface area (Å²) in [5.41, 5.74) is 1.12. The number of thiazole rings is 1. The number of anilines is 1. The van der Waals surface area contributed by atoms with E-state index in [0.717, 1.165) is 0 Å². The molecule has 0 aliphatic rings. The first-order valence-electron chi connectivity index (χ1n) is 6.85. The molecule has 0 unspecified atom stereocenters. The number of fused-ring (bicyclic) bond motifs is 1. The van der Waals surface area contributed by atoms with E-state index >= 15 is 0 Å². The van der Waals surface area contributed by atoms with Crippen molar-refractivity contribution in [2.45, 2.75) is 4.34 Å². The highest BCUT2D eigenvalue weighted by Crippen LogP contribution is 2.32. The summed E-state index contributed by atoms with van der Waals surface area (Å²) >= 11 is 14.4. The molecule has 3 rings (SSSR count). The van der Waals surface area contributed by atoms with Gasteiger partial charge in [-0.1, -0.05) is 35.0 Å². The van der Waals surface area contributed by atoms with Crippen LogP contribution in [0.25, 0.3) is 10.2 Å². The van der Waals surface area contributed by atoms with Crippen molar-refractivity contribution < 1.29 is 9.72 Å². The Balaban J connectivity index is 1.66. The normalized spacial score (nSPS) is 10.8. The van der Waals surface area contributed by atoms with Gasteiger partial charge in [0.1, 0.15) is 0 Å². The lowest BCUT2D eigenvalue weighted by molar-refractivity contribution is -0.384. The van der Waals surface area contributed by atoms with E-state index in [4.69, 9.17) is 23.2 Å². The van der Waals surface area contributed by atoms with Crippen molar-refractivity contribution in [2.75, 3.05) is 11.1 Å². The number of amides is 1. The first kappa shape index (κ1) is 17.9. The van der Waals surface area contributed by atoms with Crippen molar-refractivity contribution >= 4 is 73.8 Å². The summed E-state index contributed by atoms with van der Waals surface area (Å²) < 4.78 is 1.36. The van der Waals surface area contributed by atoms with Crippen LogP contribution in [0.4, 0.5) is 11.4 Å². The van der Waals surface area contributed by atoms with E-state index in [-0.39, 0.29) is 17.3 Å². The monoisotopic (exact) mass is 413 g/mol. The van der Waals surface area contributed by atoms with Gasteiger partial charge in [-0.25, -0.2) is 4.98 Å². The Bertz CT molecular complexity index is 978. The average Bonchev–Trinajstić information content (AvgIpc) is 2.98. The van der Waals surface area contributed by atoms with E-state index in [9.17, 15) is 14.9 Å². The van der Waals surface area contributed by atoms with Crippen LogP contribution in [0.1, 0.15) is 0 Å². The number of hydrogen-bond acceptors (Lipinski definition) is 6. The maximum Gasteiger partial charge on any atom is 0.270 e. The Morgan fingerprint density at radius 2 is 2.08 bits per heavy atom. The zero-order valence-electron chi connectivity index (χ0n) is 12.4. The van der Waals surface area contributed by atoms with Gasteiger partial charge in [-0.2, -0.15) is 0 Å². The highest BCUT2D eigenvalue weighted by atomic mass is 35.5. The number of nitro groups is 1. The molecule has 0 spiro atoms. The number of rotatable bonds is 5. The second-order valence-electron chi connectivity index (χ2n) is 4.85. The largest absolute Gasteiger partial charge is 0.324 e. The number of thioether (sulfide) groups is 1. The number of halogens is 2. The molecule has 0 radical (unpaired) electrons. The number of carbonyl (C=O) groups is 1. The quantitative estimate of drug-likeness (QED) is 0.351. The van der Waals surface area contributed by atoms with E-state index in [2.05, 4.69) is 10.3 Å². The molecule has 0 bridgehead atoms. The fourth-order valence-corrected chi connectivity index (χ4v) is 4.21. The minimum Gasteiger partial charge on any atom is -0.324 e. The molecule has 0 fully saturated rings. The number of nitrogens with zero attached hydrogens (tertiary/aromatic N) is 2. The topological polar surface area (TPSA) is 85.1 Å². The van der Waals surface area contributed by atoms with Crippen LogP contribution in [0.15, 0.2) is 40.7 Å². The molecule has 128 valence electrons. The molecule has 1 aromatic heterocycles. The lowest BCUT2D eigenvalue weighted by Crippen LogP contribution is -2.14. The zero-order chi connectivity index (χ0) is 18.0. The summed E-state index contributed by atoms with van der Waals surface area (Å²) in [5.74, 6) is -0.121. The lowest BCUT2D eigenvalue weighted by atomic mass is 10.3. The van der Waals surface area contributed by atoms with E-state index in [1.807, 2.05) is 0 Å². The molecule has 0 aliphatic carbocycles. The van der Waals surface area contributed by atoms with E-state index in [0.29, 0.717) is 30.3 Å². The average molecular weight is 414 g/mol. The van der Waals surface area contributed by atoms with Crippen LogP contribution in [0, 0.1) is 10.1 Å². The molecule has 0 saturated heterocycles. The number of nitrogens with one attached hydrogen (secondary N) is 1. The van der Waals surface area contributed by atoms with Crippen LogP contribution in [-0.4, -0.2) is 21.6 Å². The molecule has 2 aromatic carbocycles. The van der Waals surface area contributed by atoms with Gasteiger partial charge in [0.2, 0.25) is 5.91 Å². The second kappa shape index (κ2) is 7.57. The van der Waals surface area contributed by atoms with Crippen molar-refractivity contribution in [3.63, 3.8) is 0 Å². The van der Waals surface area contributed by atoms with Gasteiger partial charge in [-0.3, -0.25) is 14.9 Å². The minimum atomic E-state index is -0.450. The van der Waals surface area contributed by atoms with Gasteiger partial charge in [0.15, 0.2) is 4.34 Å². The fraction of sp³-hybridized carbons (Fsp3) is 0.0667. The second-order valence-corrected chi connectivity index (χ2v) is 7.95. The lowest BCUT2D eigenvalue weighted by Gasteiger charge is -2.06. The fourth-order valence-electron chi connectivity index (χ4n) is 1.97. The van der Waals surface area contributed by atoms with Crippen molar-refractivity contribution in [1.29, 1.82) is 0 Å². The summed E-state index contributed by atoms with van der Waals surface area (Å²) in [6, 6.07) is 9.29. The van der Waals surface area contributed by atoms with Gasteiger partial charge in [0.05, 0.1) is 31.6 Å². The predicted molar refractivity (Wildman–Crippen MR) is 102 cm³/mol. The number of hydrogen-bond donors (Lipinski definition) is 1. The van der Waals surface area contributed by atoms with Crippen molar-refractivity contribution in [3.8, 4) is 0 Å². The van der Waals surface area contributed by atoms with Crippen LogP contribution < -0.4 is 5.32 Å². The molecule has 1 N–H and O–H groups in total. The van der Waals surface area contributed by atoms with E-state index < -0.39 is 4.92 Å². The maximum atomic E-state index is 12.1. The van der Waals surface area contributed by atoms with Crippen molar-refractivity contribution in [2.24, 2.45) is 0 Å². The molecule has 1 amide bonds. The summed E-state index contributed by atoms with van der Waals surface area (Å²) in [4.78, 5) is 26.8. The van der Waals surface area contributed by atoms with Crippen molar-refractivity contribution in [3.05, 3.63) is 56.6 Å². The molecular formula is C15H9Cl2N3O3S2. The molecule has 0 aliphatic heterocycles. The molecule has 1 heterocycles. The SMILES string of the molecule is O=C(CSc1nc2ccc([N+](=O)[O-])cc2s1)Nc1cc(Cl)ccc1Cl. The van der Waals surface area contributed by atoms with Gasteiger partial charge in [-0.05, 0) is 24.3 Å². The zero-order valence-corrected chi connectivity index (χ0v) is 15.5. The molecule has 6 nitrogen and oxygen atoms in total. The number of nitro benzene ring substituents is 1. The highest BCUT2D eigenvalue weighted by molar-refractivity contribution is 8.01. The standard InChI is InChI=1S/C15H9Cl2N3O3S2/c16-8-1-3-10(17)12(5-8)18-14(21)7-24-15-19-11-4-2-9(20(22)23)6-13(11)25-15/h1-6H,7H2,(H,18,21). The van der Waals surface area contributed by atoms with Crippen molar-refractivity contribution in [1.82, 2.24) is 4.98 Å². The number of carbonyl (C=O) groups excluding carboxylic acids is 1. The number of aromatic nitrogens is 1. The molecular weight excluding hydrogens is 405 g/mol. The van der Waals surface area contributed by atoms with Crippen LogP contribution in [0.2, 0.25) is 10.0 Å². The summed E-state index contributed by atoms with van der Waals surface area (Å²) in [5, 5.41) is 14.4. The smallest absolute Gasteiger partial charge is 0.270 e. The number of benzene rings is 2. The van der Waals surface area contributed by atoms with Gasteiger partial charge in [0, 0.05) is 17.2 Å². The first-order valence-corrected chi connectivity index (χ1v) is 9.41. The third-order valence-corrected chi connectivity index (χ3v) is 5.82. The summed E-state index contributed by atoms with van der Waals surface area (Å²) in [6.45, 7) is 0. The van der Waals surface area contributed by atoms with E-state index in [1.54, 1.807) is 24.3 Å². The Labute approximate surface area is 160 Å². The Hall–Kier alpha value is -1.87. The van der Waals surface area contributed by atoms with Gasteiger partial charge in [-0.15, -0.1) is 11.3 Å².